The van der Waals surface area contributed by atoms with Gasteiger partial charge in [-0.2, -0.15) is 0 Å². The molecule has 48 heavy (non-hydrogen) atoms. The number of fused-ring (bicyclic) bond motifs is 2. The second-order valence-corrected chi connectivity index (χ2v) is 14.0. The minimum atomic E-state index is -1.11. The van der Waals surface area contributed by atoms with Crippen molar-refractivity contribution >= 4 is 5.97 Å². The Hall–Kier alpha value is -2.41. The van der Waals surface area contributed by atoms with Gasteiger partial charge in [-0.3, -0.25) is 0 Å². The number of carbonyl (C=O) groups is 1. The summed E-state index contributed by atoms with van der Waals surface area (Å²) in [6.07, 6.45) is 15.5. The number of hydrogen-bond donors (Lipinski definition) is 6. The first kappa shape index (κ1) is 40.0. The number of aliphatic hydroxyl groups excluding tert-OH is 6. The molecule has 0 aromatic carbocycles. The molecule has 0 aliphatic carbocycles. The van der Waals surface area contributed by atoms with E-state index >= 15 is 0 Å². The van der Waals surface area contributed by atoms with E-state index in [4.69, 9.17) is 14.2 Å². The topological polar surface area (TPSA) is 166 Å². The van der Waals surface area contributed by atoms with E-state index in [1.165, 1.54) is 0 Å². The highest BCUT2D eigenvalue weighted by molar-refractivity contribution is 5.88. The molecule has 3 heterocycles. The molecule has 2 fully saturated rings. The van der Waals surface area contributed by atoms with E-state index in [-0.39, 0.29) is 50.5 Å². The zero-order chi connectivity index (χ0) is 35.3. The highest BCUT2D eigenvalue weighted by Crippen LogP contribution is 2.40. The van der Waals surface area contributed by atoms with Crippen molar-refractivity contribution in [2.24, 2.45) is 11.8 Å². The summed E-state index contributed by atoms with van der Waals surface area (Å²) in [5, 5.41) is 64.0. The lowest BCUT2D eigenvalue weighted by molar-refractivity contribution is -0.331. The van der Waals surface area contributed by atoms with Crippen LogP contribution in [0.4, 0.5) is 0 Å². The first-order chi connectivity index (χ1) is 22.8. The highest BCUT2D eigenvalue weighted by Gasteiger charge is 2.47. The van der Waals surface area contributed by atoms with Crippen LogP contribution in [-0.2, 0) is 19.0 Å². The van der Waals surface area contributed by atoms with E-state index in [0.29, 0.717) is 24.8 Å². The molecule has 3 rings (SSSR count). The van der Waals surface area contributed by atoms with Crippen LogP contribution in [0.3, 0.4) is 0 Å². The van der Waals surface area contributed by atoms with Crippen LogP contribution in [0.25, 0.3) is 0 Å². The fourth-order valence-corrected chi connectivity index (χ4v) is 6.68. The van der Waals surface area contributed by atoms with Crippen molar-refractivity contribution in [2.45, 2.75) is 146 Å². The van der Waals surface area contributed by atoms with Gasteiger partial charge in [0.25, 0.3) is 0 Å². The largest absolute Gasteiger partial charge is 0.458 e. The predicted octanol–water partition coefficient (Wildman–Crippen LogP) is 4.10. The van der Waals surface area contributed by atoms with Gasteiger partial charge in [-0.05, 0) is 44.9 Å². The molecular weight excluding hydrogens is 616 g/mol. The Kier molecular flexibility index (Phi) is 16.4. The zero-order valence-electron chi connectivity index (χ0n) is 28.9. The van der Waals surface area contributed by atoms with Gasteiger partial charge in [0.2, 0.25) is 0 Å². The molecule has 10 heteroatoms. The smallest absolute Gasteiger partial charge is 0.334 e. The van der Waals surface area contributed by atoms with Crippen LogP contribution in [0.2, 0.25) is 0 Å². The molecule has 0 aromatic heterocycles. The third kappa shape index (κ3) is 13.5. The standard InChI is InChI=1S/C38H58O10/c1-25(2)36-27(4)35(44)22-30(41)19-29(40)18-28(39)15-13-17-34-21-32(43)24-38(48-34)23-31(42)20-33(47-38)16-12-10-8-6-5-7-9-11-14-26(3)37(45)46-36/h5-14,17,25,27-36,39-44H,15-16,18-24H2,1-4H3/b7-5+,8-6-,11-9+,12-10+,17-13?,26-14+/t27-,28+,29+,30+,31-,32+,33+,34-,35+,36?,38+/m0/s1. The Morgan fingerprint density at radius 1 is 0.708 bits per heavy atom. The molecule has 6 N–H and O–H groups in total. The van der Waals surface area contributed by atoms with E-state index in [9.17, 15) is 35.4 Å². The Balaban J connectivity index is 1.75. The maximum Gasteiger partial charge on any atom is 0.334 e. The third-order valence-corrected chi connectivity index (χ3v) is 9.14. The zero-order valence-corrected chi connectivity index (χ0v) is 28.9. The number of hydrogen-bond acceptors (Lipinski definition) is 10. The van der Waals surface area contributed by atoms with E-state index in [1.54, 1.807) is 44.2 Å². The fourth-order valence-electron chi connectivity index (χ4n) is 6.68. The fraction of sp³-hybridized carbons (Fsp3) is 0.658. The summed E-state index contributed by atoms with van der Waals surface area (Å²) in [4.78, 5) is 12.8. The summed E-state index contributed by atoms with van der Waals surface area (Å²) in [7, 11) is 0. The molecule has 3 bridgehead atoms. The average Bonchev–Trinajstić information content (AvgIpc) is 2.98. The van der Waals surface area contributed by atoms with Crippen molar-refractivity contribution in [3.05, 3.63) is 72.4 Å². The van der Waals surface area contributed by atoms with E-state index in [1.807, 2.05) is 50.3 Å². The predicted molar refractivity (Wildman–Crippen MR) is 183 cm³/mol. The van der Waals surface area contributed by atoms with Crippen molar-refractivity contribution < 1.29 is 49.6 Å². The molecule has 3 aliphatic heterocycles. The number of carbonyl (C=O) groups excluding carboxylic acids is 1. The van der Waals surface area contributed by atoms with Crippen LogP contribution in [0.5, 0.6) is 0 Å². The molecule has 3 aliphatic rings. The third-order valence-electron chi connectivity index (χ3n) is 9.14. The molecule has 0 radical (unpaired) electrons. The maximum absolute atomic E-state index is 12.8. The molecule has 270 valence electrons. The quantitative estimate of drug-likeness (QED) is 0.176. The summed E-state index contributed by atoms with van der Waals surface area (Å²) in [5.41, 5.74) is 0.405. The van der Waals surface area contributed by atoms with Gasteiger partial charge in [-0.25, -0.2) is 4.79 Å². The number of allylic oxidation sites excluding steroid dienone is 8. The van der Waals surface area contributed by atoms with Gasteiger partial charge < -0.3 is 44.8 Å². The lowest BCUT2D eigenvalue weighted by atomic mass is 9.86. The SMILES string of the molecule is C\C1=C/C=C/C=C/C=C\C=C\C[C@@H]2C[C@H](O)C[C@@]3(C[C@H](O)C[C@H](C=CC[C@@H](O)C[C@@H](O)C[C@@H](O)C[C@@H](O)[C@H](C)C(C(C)C)OC1=O)O3)O2. The second-order valence-electron chi connectivity index (χ2n) is 14.0. The molecule has 0 saturated carbocycles. The van der Waals surface area contributed by atoms with Gasteiger partial charge in [-0.1, -0.05) is 87.6 Å². The second kappa shape index (κ2) is 19.7. The first-order valence-electron chi connectivity index (χ1n) is 17.4. The van der Waals surface area contributed by atoms with Crippen molar-refractivity contribution in [1.29, 1.82) is 0 Å². The van der Waals surface area contributed by atoms with Gasteiger partial charge >= 0.3 is 5.97 Å². The van der Waals surface area contributed by atoms with Gasteiger partial charge in [-0.15, -0.1) is 0 Å². The van der Waals surface area contributed by atoms with E-state index < -0.39 is 66.5 Å². The monoisotopic (exact) mass is 674 g/mol. The molecule has 2 saturated heterocycles. The summed E-state index contributed by atoms with van der Waals surface area (Å²) >= 11 is 0. The van der Waals surface area contributed by atoms with Gasteiger partial charge in [0, 0.05) is 37.2 Å². The number of rotatable bonds is 1. The molecule has 1 unspecified atom stereocenters. The number of ether oxygens (including phenoxy) is 3. The first-order valence-corrected chi connectivity index (χ1v) is 17.4. The van der Waals surface area contributed by atoms with Crippen molar-refractivity contribution in [3.8, 4) is 0 Å². The Bertz CT molecular complexity index is 1170. The molecule has 11 atom stereocenters. The lowest BCUT2D eigenvalue weighted by Gasteiger charge is -2.48. The minimum Gasteiger partial charge on any atom is -0.458 e. The average molecular weight is 675 g/mol. The van der Waals surface area contributed by atoms with Gasteiger partial charge in [0.15, 0.2) is 5.79 Å². The minimum absolute atomic E-state index is 0.0207. The number of aliphatic hydroxyl groups is 6. The Labute approximate surface area is 285 Å². The normalized spacial score (nSPS) is 42.5. The van der Waals surface area contributed by atoms with Crippen LogP contribution in [-0.4, -0.2) is 97.3 Å². The summed E-state index contributed by atoms with van der Waals surface area (Å²) in [5.74, 6) is -2.16. The van der Waals surface area contributed by atoms with Crippen LogP contribution < -0.4 is 0 Å². The van der Waals surface area contributed by atoms with Crippen molar-refractivity contribution in [3.63, 3.8) is 0 Å². The lowest BCUT2D eigenvalue weighted by Crippen LogP contribution is -2.54. The number of esters is 1. The Morgan fingerprint density at radius 2 is 1.31 bits per heavy atom. The van der Waals surface area contributed by atoms with Gasteiger partial charge in [0.05, 0.1) is 48.8 Å². The summed E-state index contributed by atoms with van der Waals surface area (Å²) in [6, 6.07) is 0. The molecule has 1 spiro atoms. The number of cyclic esters (lactones) is 1. The highest BCUT2D eigenvalue weighted by atomic mass is 16.7. The van der Waals surface area contributed by atoms with Gasteiger partial charge in [0.1, 0.15) is 6.10 Å². The van der Waals surface area contributed by atoms with Crippen LogP contribution in [0, 0.1) is 11.8 Å². The van der Waals surface area contributed by atoms with E-state index in [2.05, 4.69) is 0 Å². The summed E-state index contributed by atoms with van der Waals surface area (Å²) < 4.78 is 18.4. The molecule has 0 amide bonds. The van der Waals surface area contributed by atoms with Crippen molar-refractivity contribution in [1.82, 2.24) is 0 Å². The molecule has 10 nitrogen and oxygen atoms in total. The summed E-state index contributed by atoms with van der Waals surface area (Å²) in [6.45, 7) is 7.24. The maximum atomic E-state index is 12.8. The van der Waals surface area contributed by atoms with E-state index in [0.717, 1.165) is 0 Å². The molecule has 0 aromatic rings. The van der Waals surface area contributed by atoms with Crippen LogP contribution >= 0.6 is 0 Å². The van der Waals surface area contributed by atoms with Crippen molar-refractivity contribution in [2.75, 3.05) is 0 Å². The Morgan fingerprint density at radius 3 is 2.00 bits per heavy atom. The molecular formula is C38H58O10. The van der Waals surface area contributed by atoms with Crippen LogP contribution in [0.1, 0.15) is 85.5 Å². The van der Waals surface area contributed by atoms with Crippen LogP contribution in [0.15, 0.2) is 72.4 Å².